The molecule has 2 rings (SSSR count). The lowest BCUT2D eigenvalue weighted by molar-refractivity contribution is -0.111. The third-order valence-corrected chi connectivity index (χ3v) is 5.76. The minimum absolute atomic E-state index is 0.206. The van der Waals surface area contributed by atoms with Crippen LogP contribution in [0.2, 0.25) is 0 Å². The number of rotatable bonds is 2. The monoisotopic (exact) mass is 648 g/mol. The van der Waals surface area contributed by atoms with Crippen molar-refractivity contribution in [2.75, 3.05) is 11.9 Å². The van der Waals surface area contributed by atoms with Crippen molar-refractivity contribution in [1.82, 2.24) is 5.32 Å². The van der Waals surface area contributed by atoms with Crippen molar-refractivity contribution in [3.8, 4) is 202 Å². The first-order chi connectivity index (χ1) is 24.7. The summed E-state index contributed by atoms with van der Waals surface area (Å²) in [6.07, 6.45) is 7.75. The summed E-state index contributed by atoms with van der Waals surface area (Å²) in [5.41, 5.74) is 0.969. The SMILES string of the molecule is C#CC#CC#CC#CC#CC#CC#CC#CC#COC(=O)c1c(NC(=O)C#CC#CC#CC#CC#CC#CC#CC#CC)sc2c1CCNC2. The molecule has 2 N–H and O–H groups in total. The van der Waals surface area contributed by atoms with Gasteiger partial charge < -0.3 is 15.4 Å². The summed E-state index contributed by atoms with van der Waals surface area (Å²) < 4.78 is 5.07. The van der Waals surface area contributed by atoms with Crippen molar-refractivity contribution in [2.24, 2.45) is 0 Å². The normalized spacial score (nSPS) is 7.36. The Morgan fingerprint density at radius 3 is 1.56 bits per heavy atom. The molecule has 0 bridgehead atoms. The Balaban J connectivity index is 1.98. The van der Waals surface area contributed by atoms with Crippen LogP contribution >= 0.6 is 11.3 Å². The maximum atomic E-state index is 12.9. The van der Waals surface area contributed by atoms with Gasteiger partial charge in [0.05, 0.1) is 5.56 Å². The van der Waals surface area contributed by atoms with E-state index in [4.69, 9.17) is 11.2 Å². The number of hydrogen-bond acceptors (Lipinski definition) is 5. The smallest absolute Gasteiger partial charge is 0.355 e. The Bertz CT molecular complexity index is 2700. The van der Waals surface area contributed by atoms with Gasteiger partial charge in [0, 0.05) is 64.7 Å². The zero-order valence-electron chi connectivity index (χ0n) is 25.8. The number of thiophene rings is 1. The molecule has 0 radical (unpaired) electrons. The lowest BCUT2D eigenvalue weighted by atomic mass is 10.0. The van der Waals surface area contributed by atoms with E-state index < -0.39 is 11.9 Å². The topological polar surface area (TPSA) is 67.4 Å². The highest BCUT2D eigenvalue weighted by atomic mass is 32.1. The molecule has 0 saturated heterocycles. The van der Waals surface area contributed by atoms with E-state index in [-0.39, 0.29) is 10.6 Å². The van der Waals surface area contributed by atoms with E-state index >= 15 is 0 Å². The highest BCUT2D eigenvalue weighted by molar-refractivity contribution is 7.17. The minimum atomic E-state index is -0.740. The average Bonchev–Trinajstić information content (AvgIpc) is 3.48. The number of nitrogens with one attached hydrogen (secondary N) is 2. The summed E-state index contributed by atoms with van der Waals surface area (Å²) in [6, 6.07) is 0. The van der Waals surface area contributed by atoms with Crippen molar-refractivity contribution >= 4 is 28.2 Å². The first-order valence-electron chi connectivity index (χ1n) is 13.4. The van der Waals surface area contributed by atoms with E-state index in [2.05, 4.69) is 206 Å². The van der Waals surface area contributed by atoms with E-state index in [0.29, 0.717) is 19.5 Å². The van der Waals surface area contributed by atoms with Gasteiger partial charge in [-0.3, -0.25) is 4.79 Å². The van der Waals surface area contributed by atoms with E-state index in [1.54, 1.807) is 6.92 Å². The zero-order chi connectivity index (χ0) is 35.7. The first-order valence-corrected chi connectivity index (χ1v) is 14.2. The van der Waals surface area contributed by atoms with Crippen LogP contribution in [0.15, 0.2) is 0 Å². The van der Waals surface area contributed by atoms with E-state index in [1.807, 2.05) is 0 Å². The molecule has 6 heteroatoms. The third-order valence-electron chi connectivity index (χ3n) is 4.61. The van der Waals surface area contributed by atoms with Gasteiger partial charge in [-0.15, -0.1) is 17.8 Å². The summed E-state index contributed by atoms with van der Waals surface area (Å²) in [7, 11) is 0. The van der Waals surface area contributed by atoms with Gasteiger partial charge in [-0.25, -0.2) is 4.79 Å². The molecule has 0 saturated carbocycles. The number of terminal acetylenes is 1. The summed E-state index contributed by atoms with van der Waals surface area (Å²) in [5.74, 6) is 77.1. The molecular formula is C44H12N2O3S. The molecule has 50 heavy (non-hydrogen) atoms. The Labute approximate surface area is 296 Å². The predicted octanol–water partition coefficient (Wildman–Crippen LogP) is 1.15. The lowest BCUT2D eigenvalue weighted by Gasteiger charge is -2.13. The minimum Gasteiger partial charge on any atom is -0.367 e. The Morgan fingerprint density at radius 2 is 1.08 bits per heavy atom. The van der Waals surface area contributed by atoms with Crippen molar-refractivity contribution in [3.63, 3.8) is 0 Å². The van der Waals surface area contributed by atoms with E-state index in [0.717, 1.165) is 10.4 Å². The summed E-state index contributed by atoms with van der Waals surface area (Å²) in [5, 5.41) is 6.13. The zero-order valence-corrected chi connectivity index (χ0v) is 26.6. The highest BCUT2D eigenvalue weighted by Gasteiger charge is 2.27. The van der Waals surface area contributed by atoms with E-state index in [1.165, 1.54) is 11.3 Å². The molecule has 222 valence electrons. The van der Waals surface area contributed by atoms with Crippen LogP contribution in [0.5, 0.6) is 0 Å². The van der Waals surface area contributed by atoms with Gasteiger partial charge in [0.1, 0.15) is 11.1 Å². The molecule has 5 nitrogen and oxygen atoms in total. The number of amides is 1. The molecule has 1 aromatic heterocycles. The summed E-state index contributed by atoms with van der Waals surface area (Å²) >= 11 is 1.24. The van der Waals surface area contributed by atoms with Crippen LogP contribution < -0.4 is 10.6 Å². The summed E-state index contributed by atoms with van der Waals surface area (Å²) in [4.78, 5) is 26.2. The molecule has 0 aromatic carbocycles. The van der Waals surface area contributed by atoms with Crippen molar-refractivity contribution in [2.45, 2.75) is 19.9 Å². The quantitative estimate of drug-likeness (QED) is 0.374. The maximum absolute atomic E-state index is 12.9. The van der Waals surface area contributed by atoms with Crippen LogP contribution in [0.25, 0.3) is 0 Å². The van der Waals surface area contributed by atoms with Crippen molar-refractivity contribution in [3.05, 3.63) is 16.0 Å². The van der Waals surface area contributed by atoms with Gasteiger partial charge in [0.25, 0.3) is 0 Å². The average molecular weight is 649 g/mol. The Kier molecular flexibility index (Phi) is 19.0. The molecule has 0 aliphatic carbocycles. The molecule has 0 fully saturated rings. The number of fused-ring (bicyclic) bond motifs is 1. The molecule has 1 aliphatic heterocycles. The molecule has 0 spiro atoms. The number of carbonyl (C=O) groups excluding carboxylic acids is 2. The molecule has 1 amide bonds. The number of hydrogen-bond donors (Lipinski definition) is 2. The molecule has 1 aromatic rings. The lowest BCUT2D eigenvalue weighted by Crippen LogP contribution is -2.23. The van der Waals surface area contributed by atoms with Gasteiger partial charge >= 0.3 is 11.9 Å². The van der Waals surface area contributed by atoms with Gasteiger partial charge in [0.15, 0.2) is 0 Å². The fraction of sp³-hybridized carbons (Fsp3) is 0.0909. The number of carbonyl (C=O) groups is 2. The third kappa shape index (κ3) is 16.8. The number of esters is 1. The second-order valence-corrected chi connectivity index (χ2v) is 8.83. The molecular weight excluding hydrogens is 637 g/mol. The molecule has 0 unspecified atom stereocenters. The van der Waals surface area contributed by atoms with Crippen LogP contribution in [0.3, 0.4) is 0 Å². The predicted molar refractivity (Wildman–Crippen MR) is 193 cm³/mol. The number of ether oxygens (including phenoxy) is 1. The van der Waals surface area contributed by atoms with Crippen LogP contribution in [0.4, 0.5) is 5.00 Å². The molecule has 1 aliphatic rings. The molecule has 0 atom stereocenters. The maximum Gasteiger partial charge on any atom is 0.355 e. The van der Waals surface area contributed by atoms with E-state index in [9.17, 15) is 9.59 Å². The van der Waals surface area contributed by atoms with Gasteiger partial charge in [-0.1, -0.05) is 5.92 Å². The Morgan fingerprint density at radius 1 is 0.640 bits per heavy atom. The second kappa shape index (κ2) is 25.4. The van der Waals surface area contributed by atoms with Gasteiger partial charge in [-0.05, 0) is 156 Å². The fourth-order valence-electron chi connectivity index (χ4n) is 2.89. The standard InChI is InChI=1S/C44H12N2O3S/c1-3-5-7-9-11-13-15-17-19-21-23-25-27-29-31-33-37-49-44(48)42-39-35-36-45-38-40(39)50-43(42)46-41(47)34-32-30-28-26-24-22-20-18-16-14-12-10-8-6-4-2/h1,45H,35-36,38H2,2H3,(H,46,47). The van der Waals surface area contributed by atoms with Gasteiger partial charge in [0.2, 0.25) is 0 Å². The van der Waals surface area contributed by atoms with Crippen LogP contribution in [0, 0.1) is 202 Å². The van der Waals surface area contributed by atoms with Gasteiger partial charge in [-0.2, -0.15) is 0 Å². The largest absolute Gasteiger partial charge is 0.367 e. The second-order valence-electron chi connectivity index (χ2n) is 7.72. The number of anilines is 1. The first kappa shape index (κ1) is 37.3. The fourth-order valence-corrected chi connectivity index (χ4v) is 4.09. The summed E-state index contributed by atoms with van der Waals surface area (Å²) in [6.45, 7) is 2.86. The van der Waals surface area contributed by atoms with Crippen molar-refractivity contribution < 1.29 is 14.3 Å². The van der Waals surface area contributed by atoms with Crippen LogP contribution in [-0.2, 0) is 22.5 Å². The Hall–Kier alpha value is -8.88. The highest BCUT2D eigenvalue weighted by Crippen LogP contribution is 2.35. The van der Waals surface area contributed by atoms with Crippen LogP contribution in [-0.4, -0.2) is 18.4 Å². The van der Waals surface area contributed by atoms with Crippen LogP contribution in [0.1, 0.15) is 27.7 Å². The van der Waals surface area contributed by atoms with Crippen molar-refractivity contribution in [1.29, 1.82) is 0 Å². The molecule has 2 heterocycles.